The van der Waals surface area contributed by atoms with E-state index in [4.69, 9.17) is 4.74 Å². The second-order valence-electron chi connectivity index (χ2n) is 7.46. The Morgan fingerprint density at radius 1 is 1.00 bits per heavy atom. The topological polar surface area (TPSA) is 32.7 Å². The summed E-state index contributed by atoms with van der Waals surface area (Å²) in [6, 6.07) is 8.64. The number of β-amino-alcohol motifs (C(OH)–C–C–N with tert-alkyl or cyclic N) is 1. The zero-order valence-electron chi connectivity index (χ0n) is 16.1. The molecular formula is C22H37NO2. The Bertz CT molecular complexity index is 463. The van der Waals surface area contributed by atoms with Crippen molar-refractivity contribution in [1.82, 2.24) is 4.90 Å². The number of aliphatic hydroxyl groups is 1. The average Bonchev–Trinajstić information content (AvgIpc) is 2.63. The summed E-state index contributed by atoms with van der Waals surface area (Å²) in [5.74, 6) is 0. The molecule has 25 heavy (non-hydrogen) atoms. The van der Waals surface area contributed by atoms with Crippen LogP contribution < -0.4 is 0 Å². The number of rotatable bonds is 13. The van der Waals surface area contributed by atoms with E-state index in [1.54, 1.807) is 0 Å². The molecular weight excluding hydrogens is 310 g/mol. The Morgan fingerprint density at radius 2 is 1.68 bits per heavy atom. The molecule has 1 unspecified atom stereocenters. The van der Waals surface area contributed by atoms with Crippen molar-refractivity contribution < 1.29 is 9.84 Å². The van der Waals surface area contributed by atoms with Crippen molar-refractivity contribution >= 4 is 0 Å². The van der Waals surface area contributed by atoms with Gasteiger partial charge in [0.2, 0.25) is 0 Å². The maximum atomic E-state index is 10.2. The Morgan fingerprint density at radius 3 is 2.44 bits per heavy atom. The highest BCUT2D eigenvalue weighted by atomic mass is 16.5. The Kier molecular flexibility index (Phi) is 10.2. The van der Waals surface area contributed by atoms with E-state index in [0.29, 0.717) is 13.2 Å². The van der Waals surface area contributed by atoms with Gasteiger partial charge in [0.1, 0.15) is 0 Å². The third-order valence-electron chi connectivity index (χ3n) is 5.13. The Hall–Kier alpha value is -0.900. The fourth-order valence-electron chi connectivity index (χ4n) is 3.62. The highest BCUT2D eigenvalue weighted by Crippen LogP contribution is 2.18. The lowest BCUT2D eigenvalue weighted by atomic mass is 10.00. The van der Waals surface area contributed by atoms with Crippen molar-refractivity contribution in [3.05, 3.63) is 35.4 Å². The summed E-state index contributed by atoms with van der Waals surface area (Å²) in [5, 5.41) is 10.2. The van der Waals surface area contributed by atoms with Crippen molar-refractivity contribution in [2.24, 2.45) is 0 Å². The Labute approximate surface area is 154 Å². The molecule has 0 fully saturated rings. The van der Waals surface area contributed by atoms with Gasteiger partial charge in [0.05, 0.1) is 12.7 Å². The lowest BCUT2D eigenvalue weighted by molar-refractivity contribution is 0.0132. The van der Waals surface area contributed by atoms with Gasteiger partial charge < -0.3 is 9.84 Å². The van der Waals surface area contributed by atoms with E-state index in [9.17, 15) is 5.11 Å². The van der Waals surface area contributed by atoms with Gasteiger partial charge in [-0.3, -0.25) is 4.90 Å². The van der Waals surface area contributed by atoms with Crippen molar-refractivity contribution in [3.63, 3.8) is 0 Å². The van der Waals surface area contributed by atoms with Crippen LogP contribution >= 0.6 is 0 Å². The lowest BCUT2D eigenvalue weighted by Crippen LogP contribution is -2.38. The molecule has 1 aromatic rings. The molecule has 0 bridgehead atoms. The SMILES string of the molecule is CCCCCCCCCCOCC(O)CN1CCc2ccccc2C1. The van der Waals surface area contributed by atoms with Crippen LogP contribution in [0.15, 0.2) is 24.3 Å². The highest BCUT2D eigenvalue weighted by molar-refractivity contribution is 5.29. The van der Waals surface area contributed by atoms with Gasteiger partial charge in [-0.1, -0.05) is 76.1 Å². The van der Waals surface area contributed by atoms with Crippen LogP contribution in [0.4, 0.5) is 0 Å². The highest BCUT2D eigenvalue weighted by Gasteiger charge is 2.18. The molecule has 0 spiro atoms. The quantitative estimate of drug-likeness (QED) is 0.531. The van der Waals surface area contributed by atoms with Crippen LogP contribution in [0.1, 0.15) is 69.4 Å². The van der Waals surface area contributed by atoms with Gasteiger partial charge in [-0.25, -0.2) is 0 Å². The summed E-state index contributed by atoms with van der Waals surface area (Å²) in [6.45, 7) is 6.21. The lowest BCUT2D eigenvalue weighted by Gasteiger charge is -2.30. The minimum Gasteiger partial charge on any atom is -0.389 e. The molecule has 1 aliphatic heterocycles. The fourth-order valence-corrected chi connectivity index (χ4v) is 3.62. The third kappa shape index (κ3) is 8.35. The van der Waals surface area contributed by atoms with Crippen molar-refractivity contribution in [2.75, 3.05) is 26.3 Å². The van der Waals surface area contributed by atoms with Crippen LogP contribution in [-0.4, -0.2) is 42.4 Å². The smallest absolute Gasteiger partial charge is 0.0900 e. The van der Waals surface area contributed by atoms with Crippen LogP contribution in [-0.2, 0) is 17.7 Å². The summed E-state index contributed by atoms with van der Waals surface area (Å²) in [4.78, 5) is 2.34. The number of hydrogen-bond donors (Lipinski definition) is 1. The van der Waals surface area contributed by atoms with Gasteiger partial charge >= 0.3 is 0 Å². The molecule has 0 saturated heterocycles. The van der Waals surface area contributed by atoms with Gasteiger partial charge in [-0.15, -0.1) is 0 Å². The zero-order valence-corrected chi connectivity index (χ0v) is 16.1. The van der Waals surface area contributed by atoms with E-state index in [2.05, 4.69) is 36.1 Å². The van der Waals surface area contributed by atoms with E-state index in [0.717, 1.165) is 32.5 Å². The molecule has 142 valence electrons. The van der Waals surface area contributed by atoms with E-state index in [1.165, 1.54) is 56.1 Å². The van der Waals surface area contributed by atoms with E-state index < -0.39 is 0 Å². The number of fused-ring (bicyclic) bond motifs is 1. The third-order valence-corrected chi connectivity index (χ3v) is 5.13. The molecule has 0 saturated carbocycles. The summed E-state index contributed by atoms with van der Waals surface area (Å²) in [6.07, 6.45) is 11.2. The molecule has 1 heterocycles. The molecule has 1 atom stereocenters. The van der Waals surface area contributed by atoms with Crippen LogP contribution in [0.3, 0.4) is 0 Å². The van der Waals surface area contributed by atoms with Crippen LogP contribution in [0.2, 0.25) is 0 Å². The first-order chi connectivity index (χ1) is 12.3. The van der Waals surface area contributed by atoms with Crippen molar-refractivity contribution in [3.8, 4) is 0 Å². The summed E-state index contributed by atoms with van der Waals surface area (Å²) in [7, 11) is 0. The molecule has 1 N–H and O–H groups in total. The molecule has 0 amide bonds. The standard InChI is InChI=1S/C22H37NO2/c1-2-3-4-5-6-7-8-11-16-25-19-22(24)18-23-15-14-20-12-9-10-13-21(20)17-23/h9-10,12-13,22,24H,2-8,11,14-19H2,1H3. The summed E-state index contributed by atoms with van der Waals surface area (Å²) >= 11 is 0. The van der Waals surface area contributed by atoms with E-state index in [-0.39, 0.29) is 6.10 Å². The van der Waals surface area contributed by atoms with Crippen LogP contribution in [0.25, 0.3) is 0 Å². The van der Waals surface area contributed by atoms with Crippen LogP contribution in [0, 0.1) is 0 Å². The van der Waals surface area contributed by atoms with Crippen LogP contribution in [0.5, 0.6) is 0 Å². The number of hydrogen-bond acceptors (Lipinski definition) is 3. The zero-order chi connectivity index (χ0) is 17.7. The summed E-state index contributed by atoms with van der Waals surface area (Å²) in [5.41, 5.74) is 2.86. The monoisotopic (exact) mass is 347 g/mol. The molecule has 3 nitrogen and oxygen atoms in total. The van der Waals surface area contributed by atoms with Gasteiger partial charge in [0.25, 0.3) is 0 Å². The first kappa shape index (κ1) is 20.4. The van der Waals surface area contributed by atoms with Gasteiger partial charge in [-0.05, 0) is 24.0 Å². The van der Waals surface area contributed by atoms with Crippen molar-refractivity contribution in [2.45, 2.75) is 77.4 Å². The number of unbranched alkanes of at least 4 members (excludes halogenated alkanes) is 7. The minimum atomic E-state index is -0.376. The number of ether oxygens (including phenoxy) is 1. The molecule has 3 heteroatoms. The van der Waals surface area contributed by atoms with Gasteiger partial charge in [0.15, 0.2) is 0 Å². The molecule has 0 radical (unpaired) electrons. The number of nitrogens with zero attached hydrogens (tertiary/aromatic N) is 1. The molecule has 1 aromatic carbocycles. The predicted octanol–water partition coefficient (Wildman–Crippen LogP) is 4.56. The van der Waals surface area contributed by atoms with Gasteiger partial charge in [-0.2, -0.15) is 0 Å². The van der Waals surface area contributed by atoms with Gasteiger partial charge in [0, 0.05) is 26.2 Å². The number of aliphatic hydroxyl groups excluding tert-OH is 1. The predicted molar refractivity (Wildman–Crippen MR) is 105 cm³/mol. The molecule has 2 rings (SSSR count). The summed E-state index contributed by atoms with van der Waals surface area (Å²) < 4.78 is 5.67. The first-order valence-corrected chi connectivity index (χ1v) is 10.3. The van der Waals surface area contributed by atoms with E-state index in [1.807, 2.05) is 0 Å². The molecule has 1 aliphatic rings. The fraction of sp³-hybridized carbons (Fsp3) is 0.727. The van der Waals surface area contributed by atoms with Crippen molar-refractivity contribution in [1.29, 1.82) is 0 Å². The molecule has 0 aromatic heterocycles. The first-order valence-electron chi connectivity index (χ1n) is 10.3. The van der Waals surface area contributed by atoms with E-state index >= 15 is 0 Å². The number of benzene rings is 1. The molecule has 0 aliphatic carbocycles. The normalized spacial score (nSPS) is 15.9. The second kappa shape index (κ2) is 12.5. The maximum Gasteiger partial charge on any atom is 0.0900 e. The second-order valence-corrected chi connectivity index (χ2v) is 7.46. The average molecular weight is 348 g/mol. The largest absolute Gasteiger partial charge is 0.389 e. The maximum absolute atomic E-state index is 10.2. The Balaban J connectivity index is 1.46. The minimum absolute atomic E-state index is 0.376.